The Bertz CT molecular complexity index is 1310. The lowest BCUT2D eigenvalue weighted by molar-refractivity contribution is -0.121. The van der Waals surface area contributed by atoms with Gasteiger partial charge in [-0.1, -0.05) is 63.6 Å². The maximum atomic E-state index is 12.9. The number of benzene rings is 2. The van der Waals surface area contributed by atoms with Gasteiger partial charge in [-0.05, 0) is 30.2 Å². The van der Waals surface area contributed by atoms with E-state index < -0.39 is 11.5 Å². The maximum Gasteiger partial charge on any atom is 0.280 e. The molecule has 4 aromatic rings. The number of fused-ring (bicyclic) bond motifs is 1. The molecule has 4 rings (SSSR count). The van der Waals surface area contributed by atoms with Gasteiger partial charge in [-0.2, -0.15) is 10.2 Å². The molecule has 1 N–H and O–H groups in total. The average Bonchev–Trinajstić information content (AvgIpc) is 3.16. The van der Waals surface area contributed by atoms with Gasteiger partial charge >= 0.3 is 0 Å². The number of carbonyl (C=O) groups excluding carboxylic acids is 1. The molecule has 2 aromatic heterocycles. The van der Waals surface area contributed by atoms with E-state index in [1.54, 1.807) is 6.92 Å². The highest BCUT2D eigenvalue weighted by Crippen LogP contribution is 2.19. The summed E-state index contributed by atoms with van der Waals surface area (Å²) in [6.07, 6.45) is 1.96. The normalized spacial score (nSPS) is 11.3. The van der Waals surface area contributed by atoms with Crippen LogP contribution in [0.1, 0.15) is 22.5 Å². The molecule has 2 aromatic carbocycles. The molecule has 31 heavy (non-hydrogen) atoms. The van der Waals surface area contributed by atoms with Gasteiger partial charge in [0.25, 0.3) is 11.5 Å². The molecule has 0 saturated heterocycles. The Morgan fingerprint density at radius 3 is 2.68 bits per heavy atom. The number of carbonyl (C=O) groups is 1. The Kier molecular flexibility index (Phi) is 6.03. The average molecular weight is 480 g/mol. The first-order valence-electron chi connectivity index (χ1n) is 9.48. The highest BCUT2D eigenvalue weighted by atomic mass is 79.9. The second-order valence-electron chi connectivity index (χ2n) is 6.89. The largest absolute Gasteiger partial charge is 0.354 e. The van der Waals surface area contributed by atoms with E-state index >= 15 is 0 Å². The van der Waals surface area contributed by atoms with Gasteiger partial charge in [0.2, 0.25) is 0 Å². The van der Waals surface area contributed by atoms with E-state index in [0.29, 0.717) is 28.8 Å². The Balaban J connectivity index is 1.57. The third-order valence-corrected chi connectivity index (χ3v) is 5.12. The minimum Gasteiger partial charge on any atom is -0.354 e. The van der Waals surface area contributed by atoms with Crippen LogP contribution in [0.25, 0.3) is 11.0 Å². The zero-order valence-electron chi connectivity index (χ0n) is 16.6. The molecule has 0 saturated carbocycles. The molecule has 0 aliphatic rings. The highest BCUT2D eigenvalue weighted by Gasteiger charge is 2.19. The number of rotatable bonds is 6. The van der Waals surface area contributed by atoms with E-state index in [4.69, 9.17) is 4.52 Å². The van der Waals surface area contributed by atoms with Crippen LogP contribution >= 0.6 is 15.9 Å². The van der Waals surface area contributed by atoms with Crippen LogP contribution in [-0.2, 0) is 17.8 Å². The molecular formula is C22H18BrN5O3. The van der Waals surface area contributed by atoms with Gasteiger partial charge < -0.3 is 4.52 Å². The minimum atomic E-state index is -0.470. The third-order valence-electron chi connectivity index (χ3n) is 4.60. The highest BCUT2D eigenvalue weighted by molar-refractivity contribution is 9.10. The van der Waals surface area contributed by atoms with Gasteiger partial charge in [0.05, 0.1) is 11.9 Å². The van der Waals surface area contributed by atoms with Gasteiger partial charge in [-0.25, -0.2) is 10.1 Å². The molecule has 0 fully saturated rings. The first-order chi connectivity index (χ1) is 15.0. The lowest BCUT2D eigenvalue weighted by Gasteiger charge is -2.07. The summed E-state index contributed by atoms with van der Waals surface area (Å²) in [7, 11) is 0. The topological polar surface area (TPSA) is 102 Å². The van der Waals surface area contributed by atoms with E-state index in [1.807, 2.05) is 54.6 Å². The Morgan fingerprint density at radius 1 is 1.19 bits per heavy atom. The van der Waals surface area contributed by atoms with Gasteiger partial charge in [0.1, 0.15) is 17.6 Å². The van der Waals surface area contributed by atoms with Crippen molar-refractivity contribution in [1.82, 2.24) is 20.4 Å². The van der Waals surface area contributed by atoms with Crippen molar-refractivity contribution >= 4 is 39.0 Å². The molecular weight excluding hydrogens is 462 g/mol. The number of amides is 1. The number of hydrogen-bond acceptors (Lipinski definition) is 6. The van der Waals surface area contributed by atoms with Crippen molar-refractivity contribution in [2.24, 2.45) is 5.10 Å². The molecule has 8 nitrogen and oxygen atoms in total. The molecule has 9 heteroatoms. The van der Waals surface area contributed by atoms with Gasteiger partial charge in [-0.15, -0.1) is 0 Å². The van der Waals surface area contributed by atoms with Crippen LogP contribution < -0.4 is 11.0 Å². The van der Waals surface area contributed by atoms with Gasteiger partial charge in [0, 0.05) is 10.9 Å². The molecule has 156 valence electrons. The SMILES string of the molecule is Cc1noc2c(Cc3ccccc3)nn(CC(=O)N/N=C/c3ccc(Br)cc3)c(=O)c12. The lowest BCUT2D eigenvalue weighted by Crippen LogP contribution is -2.32. The fourth-order valence-electron chi connectivity index (χ4n) is 3.10. The monoisotopic (exact) mass is 479 g/mol. The van der Waals surface area contributed by atoms with Crippen LogP contribution in [-0.4, -0.2) is 27.1 Å². The molecule has 0 spiro atoms. The Labute approximate surface area is 185 Å². The van der Waals surface area contributed by atoms with Crippen molar-refractivity contribution in [1.29, 1.82) is 0 Å². The number of nitrogens with one attached hydrogen (secondary N) is 1. The van der Waals surface area contributed by atoms with Crippen molar-refractivity contribution in [3.63, 3.8) is 0 Å². The molecule has 0 atom stereocenters. The number of aryl methyl sites for hydroxylation is 1. The fraction of sp³-hybridized carbons (Fsp3) is 0.136. The van der Waals surface area contributed by atoms with Crippen molar-refractivity contribution in [2.75, 3.05) is 0 Å². The third kappa shape index (κ3) is 4.77. The smallest absolute Gasteiger partial charge is 0.280 e. The van der Waals surface area contributed by atoms with Crippen molar-refractivity contribution in [3.8, 4) is 0 Å². The van der Waals surface area contributed by atoms with Crippen molar-refractivity contribution in [2.45, 2.75) is 19.9 Å². The Hall–Kier alpha value is -3.59. The van der Waals surface area contributed by atoms with Gasteiger partial charge in [0.15, 0.2) is 5.58 Å². The minimum absolute atomic E-state index is 0.279. The summed E-state index contributed by atoms with van der Waals surface area (Å²) < 4.78 is 7.43. The van der Waals surface area contributed by atoms with Crippen molar-refractivity contribution in [3.05, 3.63) is 91.9 Å². The molecule has 1 amide bonds. The number of hydrogen-bond donors (Lipinski definition) is 1. The standard InChI is InChI=1S/C22H18BrN5O3/c1-14-20-21(31-27-14)18(11-15-5-3-2-4-6-15)26-28(22(20)30)13-19(29)25-24-12-16-7-9-17(23)10-8-16/h2-10,12H,11,13H2,1H3,(H,25,29)/b24-12+. The predicted molar refractivity (Wildman–Crippen MR) is 120 cm³/mol. The van der Waals surface area contributed by atoms with E-state index in [9.17, 15) is 9.59 Å². The van der Waals surface area contributed by atoms with E-state index in [-0.39, 0.29) is 6.54 Å². The summed E-state index contributed by atoms with van der Waals surface area (Å²) in [5, 5.41) is 12.6. The van der Waals surface area contributed by atoms with Crippen LogP contribution in [0.15, 0.2) is 73.5 Å². The van der Waals surface area contributed by atoms with Crippen LogP contribution in [0.5, 0.6) is 0 Å². The number of hydrazone groups is 1. The van der Waals surface area contributed by atoms with E-state index in [1.165, 1.54) is 6.21 Å². The molecule has 0 unspecified atom stereocenters. The summed E-state index contributed by atoms with van der Waals surface area (Å²) in [5.41, 5.74) is 5.15. The summed E-state index contributed by atoms with van der Waals surface area (Å²) in [6, 6.07) is 17.1. The van der Waals surface area contributed by atoms with Crippen molar-refractivity contribution < 1.29 is 9.32 Å². The number of halogens is 1. The van der Waals surface area contributed by atoms with E-state index in [2.05, 4.69) is 36.7 Å². The lowest BCUT2D eigenvalue weighted by atomic mass is 10.1. The Morgan fingerprint density at radius 2 is 1.94 bits per heavy atom. The number of nitrogens with zero attached hydrogens (tertiary/aromatic N) is 4. The van der Waals surface area contributed by atoms with E-state index in [0.717, 1.165) is 20.3 Å². The second-order valence-corrected chi connectivity index (χ2v) is 7.80. The fourth-order valence-corrected chi connectivity index (χ4v) is 3.36. The quantitative estimate of drug-likeness (QED) is 0.337. The first-order valence-corrected chi connectivity index (χ1v) is 10.3. The van der Waals surface area contributed by atoms with Crippen LogP contribution in [0.2, 0.25) is 0 Å². The summed E-state index contributed by atoms with van der Waals surface area (Å²) in [5.74, 6) is -0.470. The van der Waals surface area contributed by atoms with Gasteiger partial charge in [-0.3, -0.25) is 9.59 Å². The van der Waals surface area contributed by atoms with Crippen LogP contribution in [0, 0.1) is 6.92 Å². The summed E-state index contributed by atoms with van der Waals surface area (Å²) >= 11 is 3.36. The first kappa shape index (κ1) is 20.7. The predicted octanol–water partition coefficient (Wildman–Crippen LogP) is 3.20. The van der Waals surface area contributed by atoms with Crippen LogP contribution in [0.4, 0.5) is 0 Å². The summed E-state index contributed by atoms with van der Waals surface area (Å²) in [4.78, 5) is 25.2. The molecule has 0 radical (unpaired) electrons. The molecule has 0 bridgehead atoms. The molecule has 2 heterocycles. The zero-order valence-corrected chi connectivity index (χ0v) is 18.2. The summed E-state index contributed by atoms with van der Waals surface area (Å²) in [6.45, 7) is 1.41. The maximum absolute atomic E-state index is 12.9. The number of aromatic nitrogens is 3. The molecule has 0 aliphatic carbocycles. The zero-order chi connectivity index (χ0) is 21.8. The van der Waals surface area contributed by atoms with Crippen LogP contribution in [0.3, 0.4) is 0 Å². The molecule has 0 aliphatic heterocycles. The second kappa shape index (κ2) is 9.05.